The predicted octanol–water partition coefficient (Wildman–Crippen LogP) is 3.80. The van der Waals surface area contributed by atoms with Crippen LogP contribution in [-0.2, 0) is 4.79 Å². The number of thioether (sulfide) groups is 1. The van der Waals surface area contributed by atoms with Gasteiger partial charge in [0.2, 0.25) is 5.91 Å². The van der Waals surface area contributed by atoms with E-state index >= 15 is 0 Å². The quantitative estimate of drug-likeness (QED) is 0.542. The molecule has 0 saturated heterocycles. The van der Waals surface area contributed by atoms with E-state index in [0.29, 0.717) is 5.16 Å². The summed E-state index contributed by atoms with van der Waals surface area (Å²) in [6.07, 6.45) is 1.51. The number of para-hydroxylation sites is 1. The van der Waals surface area contributed by atoms with E-state index in [9.17, 15) is 18.0 Å². The number of nitrogens with zero attached hydrogens (tertiary/aromatic N) is 3. The number of rotatable bonds is 5. The molecule has 134 valence electrons. The van der Waals surface area contributed by atoms with Crippen molar-refractivity contribution in [3.63, 3.8) is 0 Å². The number of carbonyl (C=O) groups excluding carboxylic acids is 1. The van der Waals surface area contributed by atoms with Gasteiger partial charge in [-0.1, -0.05) is 30.0 Å². The van der Waals surface area contributed by atoms with Gasteiger partial charge in [0, 0.05) is 5.69 Å². The maximum Gasteiger partial charge on any atom is 0.237 e. The summed E-state index contributed by atoms with van der Waals surface area (Å²) < 4.78 is 41.6. The monoisotopic (exact) mass is 378 g/mol. The SMILES string of the molecule is C[C@H](Sc1nncn1-c1ccccc1)C(=O)Nc1ccc(F)c(F)c1F. The number of amides is 1. The first-order valence-electron chi connectivity index (χ1n) is 7.54. The van der Waals surface area contributed by atoms with Crippen molar-refractivity contribution in [3.8, 4) is 5.69 Å². The molecule has 3 rings (SSSR count). The van der Waals surface area contributed by atoms with Crippen LogP contribution in [0.5, 0.6) is 0 Å². The van der Waals surface area contributed by atoms with Crippen LogP contribution in [-0.4, -0.2) is 25.9 Å². The highest BCUT2D eigenvalue weighted by atomic mass is 32.2. The minimum atomic E-state index is -1.63. The number of hydrogen-bond acceptors (Lipinski definition) is 4. The third-order valence-electron chi connectivity index (χ3n) is 3.50. The Morgan fingerprint density at radius 3 is 2.58 bits per heavy atom. The van der Waals surface area contributed by atoms with E-state index in [2.05, 4.69) is 15.5 Å². The van der Waals surface area contributed by atoms with Crippen molar-refractivity contribution in [1.29, 1.82) is 0 Å². The molecule has 2 aromatic carbocycles. The smallest absolute Gasteiger partial charge is 0.237 e. The van der Waals surface area contributed by atoms with Gasteiger partial charge in [-0.05, 0) is 31.2 Å². The maximum atomic E-state index is 13.7. The lowest BCUT2D eigenvalue weighted by molar-refractivity contribution is -0.115. The first-order valence-corrected chi connectivity index (χ1v) is 8.42. The van der Waals surface area contributed by atoms with Crippen LogP contribution >= 0.6 is 11.8 Å². The highest BCUT2D eigenvalue weighted by Gasteiger charge is 2.21. The molecule has 0 spiro atoms. The minimum absolute atomic E-state index is 0.425. The van der Waals surface area contributed by atoms with E-state index < -0.39 is 34.3 Å². The second-order valence-corrected chi connectivity index (χ2v) is 6.60. The van der Waals surface area contributed by atoms with Crippen molar-refractivity contribution in [1.82, 2.24) is 14.8 Å². The van der Waals surface area contributed by atoms with Gasteiger partial charge >= 0.3 is 0 Å². The van der Waals surface area contributed by atoms with E-state index in [-0.39, 0.29) is 0 Å². The molecule has 0 aliphatic heterocycles. The zero-order valence-electron chi connectivity index (χ0n) is 13.5. The van der Waals surface area contributed by atoms with E-state index in [4.69, 9.17) is 0 Å². The molecule has 1 N–H and O–H groups in total. The summed E-state index contributed by atoms with van der Waals surface area (Å²) in [5, 5.41) is 9.84. The van der Waals surface area contributed by atoms with Crippen LogP contribution in [0, 0.1) is 17.5 Å². The normalized spacial score (nSPS) is 12.0. The Kier molecular flexibility index (Phi) is 5.27. The summed E-state index contributed by atoms with van der Waals surface area (Å²) in [5.74, 6) is -4.98. The van der Waals surface area contributed by atoms with Crippen molar-refractivity contribution in [3.05, 3.63) is 66.2 Å². The number of hydrogen-bond donors (Lipinski definition) is 1. The van der Waals surface area contributed by atoms with Gasteiger partial charge in [0.25, 0.3) is 0 Å². The van der Waals surface area contributed by atoms with E-state index in [1.54, 1.807) is 11.5 Å². The molecular weight excluding hydrogens is 365 g/mol. The van der Waals surface area contributed by atoms with Crippen molar-refractivity contribution in [2.24, 2.45) is 0 Å². The molecule has 0 aliphatic rings. The van der Waals surface area contributed by atoms with Gasteiger partial charge in [0.05, 0.1) is 10.9 Å². The fourth-order valence-electron chi connectivity index (χ4n) is 2.14. The third kappa shape index (κ3) is 3.72. The Bertz CT molecular complexity index is 933. The van der Waals surface area contributed by atoms with Crippen LogP contribution in [0.4, 0.5) is 18.9 Å². The van der Waals surface area contributed by atoms with Crippen LogP contribution in [0.15, 0.2) is 53.9 Å². The number of benzene rings is 2. The van der Waals surface area contributed by atoms with Gasteiger partial charge in [-0.2, -0.15) is 0 Å². The fourth-order valence-corrected chi connectivity index (χ4v) is 2.98. The Hall–Kier alpha value is -2.81. The molecule has 1 aromatic heterocycles. The summed E-state index contributed by atoms with van der Waals surface area (Å²) >= 11 is 1.10. The maximum absolute atomic E-state index is 13.7. The second-order valence-electron chi connectivity index (χ2n) is 5.29. The van der Waals surface area contributed by atoms with E-state index in [1.807, 2.05) is 30.3 Å². The first kappa shape index (κ1) is 18.0. The van der Waals surface area contributed by atoms with Crippen molar-refractivity contribution >= 4 is 23.4 Å². The van der Waals surface area contributed by atoms with Crippen molar-refractivity contribution in [2.75, 3.05) is 5.32 Å². The topological polar surface area (TPSA) is 59.8 Å². The molecular formula is C17H13F3N4OS. The molecule has 1 atom stereocenters. The largest absolute Gasteiger partial charge is 0.323 e. The van der Waals surface area contributed by atoms with Crippen LogP contribution in [0.3, 0.4) is 0 Å². The molecule has 5 nitrogen and oxygen atoms in total. The van der Waals surface area contributed by atoms with Crippen LogP contribution in [0.2, 0.25) is 0 Å². The molecule has 0 fully saturated rings. The molecule has 0 bridgehead atoms. The highest BCUT2D eigenvalue weighted by molar-refractivity contribution is 8.00. The second kappa shape index (κ2) is 7.61. The van der Waals surface area contributed by atoms with E-state index in [1.165, 1.54) is 6.33 Å². The van der Waals surface area contributed by atoms with Gasteiger partial charge in [0.15, 0.2) is 22.6 Å². The van der Waals surface area contributed by atoms with Gasteiger partial charge in [-0.3, -0.25) is 9.36 Å². The predicted molar refractivity (Wildman–Crippen MR) is 91.6 cm³/mol. The number of aromatic nitrogens is 3. The number of nitrogens with one attached hydrogen (secondary N) is 1. The summed E-state index contributed by atoms with van der Waals surface area (Å²) in [6, 6.07) is 11.0. The van der Waals surface area contributed by atoms with Crippen LogP contribution in [0.25, 0.3) is 5.69 Å². The van der Waals surface area contributed by atoms with Crippen molar-refractivity contribution < 1.29 is 18.0 Å². The van der Waals surface area contributed by atoms with Crippen molar-refractivity contribution in [2.45, 2.75) is 17.3 Å². The fraction of sp³-hybridized carbons (Fsp3) is 0.118. The summed E-state index contributed by atoms with van der Waals surface area (Å²) in [4.78, 5) is 12.3. The Morgan fingerprint density at radius 1 is 1.12 bits per heavy atom. The Labute approximate surface area is 151 Å². The average molecular weight is 378 g/mol. The zero-order valence-corrected chi connectivity index (χ0v) is 14.3. The zero-order chi connectivity index (χ0) is 18.7. The molecule has 1 heterocycles. The summed E-state index contributed by atoms with van der Waals surface area (Å²) in [5.41, 5.74) is 0.394. The van der Waals surface area contributed by atoms with E-state index in [0.717, 1.165) is 29.6 Å². The minimum Gasteiger partial charge on any atom is -0.323 e. The number of carbonyl (C=O) groups is 1. The molecule has 0 unspecified atom stereocenters. The third-order valence-corrected chi connectivity index (χ3v) is 4.55. The lowest BCUT2D eigenvalue weighted by Crippen LogP contribution is -2.23. The van der Waals surface area contributed by atoms with Gasteiger partial charge in [-0.25, -0.2) is 13.2 Å². The highest BCUT2D eigenvalue weighted by Crippen LogP contribution is 2.26. The lowest BCUT2D eigenvalue weighted by atomic mass is 10.2. The molecule has 9 heteroatoms. The molecule has 0 saturated carbocycles. The van der Waals surface area contributed by atoms with Gasteiger partial charge < -0.3 is 5.32 Å². The lowest BCUT2D eigenvalue weighted by Gasteiger charge is -2.13. The number of halogens is 3. The van der Waals surface area contributed by atoms with Crippen LogP contribution in [0.1, 0.15) is 6.92 Å². The molecule has 0 aliphatic carbocycles. The molecule has 3 aromatic rings. The Morgan fingerprint density at radius 2 is 1.85 bits per heavy atom. The summed E-state index contributed by atoms with van der Waals surface area (Å²) in [7, 11) is 0. The molecule has 1 amide bonds. The van der Waals surface area contributed by atoms with Crippen LogP contribution < -0.4 is 5.32 Å². The Balaban J connectivity index is 1.73. The average Bonchev–Trinajstić information content (AvgIpc) is 3.11. The molecule has 26 heavy (non-hydrogen) atoms. The van der Waals surface area contributed by atoms with Gasteiger partial charge in [-0.15, -0.1) is 10.2 Å². The van der Waals surface area contributed by atoms with Gasteiger partial charge in [0.1, 0.15) is 6.33 Å². The molecule has 0 radical (unpaired) electrons. The first-order chi connectivity index (χ1) is 12.5. The standard InChI is InChI=1S/C17H13F3N4OS/c1-10(16(25)22-13-8-7-12(18)14(19)15(13)20)26-17-23-21-9-24(17)11-5-3-2-4-6-11/h2-10H,1H3,(H,22,25)/t10-/m0/s1. The number of anilines is 1. The summed E-state index contributed by atoms with van der Waals surface area (Å²) in [6.45, 7) is 1.59.